The number of hydrogen-bond donors (Lipinski definition) is 1. The minimum Gasteiger partial charge on any atom is -0.497 e. The van der Waals surface area contributed by atoms with Crippen molar-refractivity contribution < 1.29 is 23.8 Å². The SMILES string of the molecule is COc1ccc(COC(=O)C(Cc2ccccc2)NC(=O)OC(C)(C)C)cc1. The first kappa shape index (κ1) is 21.3. The molecule has 1 atom stereocenters. The molecule has 0 spiro atoms. The van der Waals surface area contributed by atoms with Gasteiger partial charge in [0.25, 0.3) is 0 Å². The number of carbonyl (C=O) groups is 2. The highest BCUT2D eigenvalue weighted by molar-refractivity contribution is 5.81. The number of methoxy groups -OCH3 is 1. The summed E-state index contributed by atoms with van der Waals surface area (Å²) in [6, 6.07) is 15.8. The molecule has 1 amide bonds. The normalized spacial score (nSPS) is 12.0. The predicted octanol–water partition coefficient (Wildman–Crippen LogP) is 3.87. The first-order chi connectivity index (χ1) is 13.3. The van der Waals surface area contributed by atoms with Crippen molar-refractivity contribution in [3.63, 3.8) is 0 Å². The van der Waals surface area contributed by atoms with E-state index in [-0.39, 0.29) is 6.61 Å². The van der Waals surface area contributed by atoms with Gasteiger partial charge in [-0.2, -0.15) is 0 Å². The molecule has 0 saturated heterocycles. The van der Waals surface area contributed by atoms with Crippen LogP contribution in [0.4, 0.5) is 4.79 Å². The van der Waals surface area contributed by atoms with Crippen molar-refractivity contribution in [3.05, 3.63) is 65.7 Å². The summed E-state index contributed by atoms with van der Waals surface area (Å²) in [6.45, 7) is 5.40. The number of rotatable bonds is 7. The van der Waals surface area contributed by atoms with E-state index in [0.717, 1.165) is 16.9 Å². The summed E-state index contributed by atoms with van der Waals surface area (Å²) in [5, 5.41) is 2.62. The van der Waals surface area contributed by atoms with Crippen LogP contribution in [0.25, 0.3) is 0 Å². The van der Waals surface area contributed by atoms with Gasteiger partial charge >= 0.3 is 12.1 Å². The van der Waals surface area contributed by atoms with Gasteiger partial charge in [-0.25, -0.2) is 9.59 Å². The van der Waals surface area contributed by atoms with Crippen LogP contribution in [0.2, 0.25) is 0 Å². The number of esters is 1. The van der Waals surface area contributed by atoms with Crippen molar-refractivity contribution in [3.8, 4) is 5.75 Å². The number of alkyl carbamates (subject to hydrolysis) is 1. The van der Waals surface area contributed by atoms with Crippen molar-refractivity contribution in [2.75, 3.05) is 7.11 Å². The van der Waals surface area contributed by atoms with Gasteiger partial charge in [0, 0.05) is 6.42 Å². The molecule has 0 aliphatic heterocycles. The summed E-state index contributed by atoms with van der Waals surface area (Å²) < 4.78 is 15.8. The van der Waals surface area contributed by atoms with Crippen molar-refractivity contribution >= 4 is 12.1 Å². The molecule has 1 unspecified atom stereocenters. The molecule has 0 aliphatic rings. The molecule has 28 heavy (non-hydrogen) atoms. The highest BCUT2D eigenvalue weighted by Gasteiger charge is 2.26. The third kappa shape index (κ3) is 7.31. The topological polar surface area (TPSA) is 73.9 Å². The van der Waals surface area contributed by atoms with Crippen LogP contribution >= 0.6 is 0 Å². The standard InChI is InChI=1S/C22H27NO5/c1-22(2,3)28-21(25)23-19(14-16-8-6-5-7-9-16)20(24)27-15-17-10-12-18(26-4)13-11-17/h5-13,19H,14-15H2,1-4H3,(H,23,25). The third-order valence-electron chi connectivity index (χ3n) is 3.80. The van der Waals surface area contributed by atoms with Crippen molar-refractivity contribution in [1.29, 1.82) is 0 Å². The van der Waals surface area contributed by atoms with Crippen LogP contribution in [-0.2, 0) is 27.3 Å². The van der Waals surface area contributed by atoms with E-state index < -0.39 is 23.7 Å². The lowest BCUT2D eigenvalue weighted by atomic mass is 10.1. The Hall–Kier alpha value is -3.02. The molecule has 2 rings (SSSR count). The smallest absolute Gasteiger partial charge is 0.408 e. The minimum atomic E-state index is -0.851. The zero-order chi connectivity index (χ0) is 20.6. The predicted molar refractivity (Wildman–Crippen MR) is 106 cm³/mol. The molecule has 0 saturated carbocycles. The van der Waals surface area contributed by atoms with Crippen LogP contribution in [-0.4, -0.2) is 30.8 Å². The van der Waals surface area contributed by atoms with Gasteiger partial charge in [0.05, 0.1) is 7.11 Å². The Bertz CT molecular complexity index is 766. The van der Waals surface area contributed by atoms with Crippen molar-refractivity contribution in [2.24, 2.45) is 0 Å². The Morgan fingerprint density at radius 1 is 0.964 bits per heavy atom. The van der Waals surface area contributed by atoms with E-state index in [1.165, 1.54) is 0 Å². The molecule has 6 nitrogen and oxygen atoms in total. The fourth-order valence-electron chi connectivity index (χ4n) is 2.47. The van der Waals surface area contributed by atoms with Gasteiger partial charge in [0.15, 0.2) is 0 Å². The summed E-state index contributed by atoms with van der Waals surface area (Å²) in [5.41, 5.74) is 1.07. The fourth-order valence-corrected chi connectivity index (χ4v) is 2.47. The van der Waals surface area contributed by atoms with Gasteiger partial charge in [0.2, 0.25) is 0 Å². The Labute approximate surface area is 165 Å². The van der Waals surface area contributed by atoms with Gasteiger partial charge in [-0.3, -0.25) is 0 Å². The number of ether oxygens (including phenoxy) is 3. The average Bonchev–Trinajstić information content (AvgIpc) is 2.65. The number of carbonyl (C=O) groups excluding carboxylic acids is 2. The van der Waals surface area contributed by atoms with Gasteiger partial charge in [0.1, 0.15) is 24.0 Å². The van der Waals surface area contributed by atoms with E-state index in [1.54, 1.807) is 40.0 Å². The summed E-state index contributed by atoms with van der Waals surface area (Å²) in [7, 11) is 1.59. The zero-order valence-electron chi connectivity index (χ0n) is 16.7. The van der Waals surface area contributed by atoms with Crippen LogP contribution in [0.1, 0.15) is 31.9 Å². The molecule has 2 aromatic carbocycles. The molecular formula is C22H27NO5. The quantitative estimate of drug-likeness (QED) is 0.733. The lowest BCUT2D eigenvalue weighted by Gasteiger charge is -2.23. The summed E-state index contributed by atoms with van der Waals surface area (Å²) >= 11 is 0. The molecule has 0 heterocycles. The minimum absolute atomic E-state index is 0.101. The van der Waals surface area contributed by atoms with Gasteiger partial charge in [-0.05, 0) is 44.0 Å². The van der Waals surface area contributed by atoms with Gasteiger partial charge in [-0.15, -0.1) is 0 Å². The summed E-state index contributed by atoms with van der Waals surface area (Å²) in [4.78, 5) is 24.8. The van der Waals surface area contributed by atoms with Crippen molar-refractivity contribution in [2.45, 2.75) is 45.4 Å². The second-order valence-corrected chi connectivity index (χ2v) is 7.34. The van der Waals surface area contributed by atoms with Crippen LogP contribution < -0.4 is 10.1 Å². The molecule has 1 N–H and O–H groups in total. The van der Waals surface area contributed by atoms with E-state index >= 15 is 0 Å². The van der Waals surface area contributed by atoms with Crippen LogP contribution in [0.3, 0.4) is 0 Å². The molecule has 6 heteroatoms. The molecule has 2 aromatic rings. The molecule has 0 aromatic heterocycles. The number of benzene rings is 2. The fraction of sp³-hybridized carbons (Fsp3) is 0.364. The van der Waals surface area contributed by atoms with E-state index in [9.17, 15) is 9.59 Å². The number of amides is 1. The lowest BCUT2D eigenvalue weighted by molar-refractivity contribution is -0.147. The van der Waals surface area contributed by atoms with Crippen molar-refractivity contribution in [1.82, 2.24) is 5.32 Å². The average molecular weight is 385 g/mol. The number of hydrogen-bond acceptors (Lipinski definition) is 5. The highest BCUT2D eigenvalue weighted by atomic mass is 16.6. The molecular weight excluding hydrogens is 358 g/mol. The Kier molecular flexibility index (Phi) is 7.44. The summed E-state index contributed by atoms with van der Waals surface area (Å²) in [6.07, 6.45) is -0.350. The third-order valence-corrected chi connectivity index (χ3v) is 3.80. The molecule has 0 aliphatic carbocycles. The maximum absolute atomic E-state index is 12.6. The number of nitrogens with one attached hydrogen (secondary N) is 1. The first-order valence-corrected chi connectivity index (χ1v) is 9.10. The van der Waals surface area contributed by atoms with E-state index in [0.29, 0.717) is 6.42 Å². The second-order valence-electron chi connectivity index (χ2n) is 7.34. The zero-order valence-corrected chi connectivity index (χ0v) is 16.7. The van der Waals surface area contributed by atoms with Gasteiger partial charge < -0.3 is 19.5 Å². The molecule has 0 bridgehead atoms. The molecule has 0 fully saturated rings. The second kappa shape index (κ2) is 9.78. The Balaban J connectivity index is 2.03. The Morgan fingerprint density at radius 2 is 1.61 bits per heavy atom. The maximum atomic E-state index is 12.6. The largest absolute Gasteiger partial charge is 0.497 e. The van der Waals surface area contributed by atoms with Crippen LogP contribution in [0.5, 0.6) is 5.75 Å². The Morgan fingerprint density at radius 3 is 2.18 bits per heavy atom. The van der Waals surface area contributed by atoms with E-state index in [4.69, 9.17) is 14.2 Å². The summed E-state index contributed by atoms with van der Waals surface area (Å²) in [5.74, 6) is 0.203. The molecule has 0 radical (unpaired) electrons. The lowest BCUT2D eigenvalue weighted by Crippen LogP contribution is -2.45. The first-order valence-electron chi connectivity index (χ1n) is 9.10. The van der Waals surface area contributed by atoms with E-state index in [2.05, 4.69) is 5.32 Å². The monoisotopic (exact) mass is 385 g/mol. The van der Waals surface area contributed by atoms with Gasteiger partial charge in [-0.1, -0.05) is 42.5 Å². The maximum Gasteiger partial charge on any atom is 0.408 e. The van der Waals surface area contributed by atoms with E-state index in [1.807, 2.05) is 42.5 Å². The van der Waals surface area contributed by atoms with Crippen LogP contribution in [0, 0.1) is 0 Å². The highest BCUT2D eigenvalue weighted by Crippen LogP contribution is 2.13. The van der Waals surface area contributed by atoms with Crippen LogP contribution in [0.15, 0.2) is 54.6 Å². The molecule has 150 valence electrons.